The lowest BCUT2D eigenvalue weighted by molar-refractivity contribution is -0.134. The van der Waals surface area contributed by atoms with Gasteiger partial charge in [0.05, 0.1) is 18.3 Å². The molecule has 2 N–H and O–H groups in total. The Morgan fingerprint density at radius 2 is 1.94 bits per heavy atom. The minimum atomic E-state index is -1.26. The molecule has 0 unspecified atom stereocenters. The first kappa shape index (κ1) is 12.6. The van der Waals surface area contributed by atoms with Crippen LogP contribution in [-0.2, 0) is 16.0 Å². The molecule has 0 aromatic heterocycles. The molecule has 0 atom stereocenters. The Bertz CT molecular complexity index is 588. The van der Waals surface area contributed by atoms with Gasteiger partial charge in [-0.3, -0.25) is 0 Å². The van der Waals surface area contributed by atoms with Crippen LogP contribution in [0.1, 0.15) is 11.1 Å². The van der Waals surface area contributed by atoms with Crippen molar-refractivity contribution in [1.82, 2.24) is 0 Å². The molecule has 1 aliphatic rings. The van der Waals surface area contributed by atoms with Crippen molar-refractivity contribution in [2.24, 2.45) is 0 Å². The van der Waals surface area contributed by atoms with E-state index in [9.17, 15) is 14.7 Å². The second-order valence-electron chi connectivity index (χ2n) is 3.74. The molecule has 18 heavy (non-hydrogen) atoms. The number of halogens is 1. The zero-order valence-corrected chi connectivity index (χ0v) is 10.9. The summed E-state index contributed by atoms with van der Waals surface area (Å²) in [6, 6.07) is 3.32. The Kier molecular flexibility index (Phi) is 3.13. The van der Waals surface area contributed by atoms with Gasteiger partial charge >= 0.3 is 11.9 Å². The zero-order chi connectivity index (χ0) is 13.4. The van der Waals surface area contributed by atoms with E-state index in [1.165, 1.54) is 7.11 Å². The van der Waals surface area contributed by atoms with Gasteiger partial charge < -0.3 is 14.9 Å². The van der Waals surface area contributed by atoms with E-state index in [0.29, 0.717) is 21.3 Å². The summed E-state index contributed by atoms with van der Waals surface area (Å²) in [5.41, 5.74) is 0.652. The fourth-order valence-electron chi connectivity index (χ4n) is 2.05. The highest BCUT2D eigenvalue weighted by atomic mass is 79.9. The molecular formula is C12H9BrO5. The van der Waals surface area contributed by atoms with E-state index in [0.717, 1.165) is 0 Å². The van der Waals surface area contributed by atoms with Crippen molar-refractivity contribution in [2.75, 3.05) is 7.11 Å². The van der Waals surface area contributed by atoms with E-state index in [4.69, 9.17) is 9.84 Å². The monoisotopic (exact) mass is 312 g/mol. The lowest BCUT2D eigenvalue weighted by atomic mass is 10.0. The van der Waals surface area contributed by atoms with Crippen LogP contribution < -0.4 is 4.74 Å². The summed E-state index contributed by atoms with van der Waals surface area (Å²) in [6.07, 6.45) is 0.0735. The van der Waals surface area contributed by atoms with Crippen molar-refractivity contribution < 1.29 is 24.5 Å². The molecule has 1 aromatic carbocycles. The summed E-state index contributed by atoms with van der Waals surface area (Å²) in [5.74, 6) is -2.12. The number of aliphatic carboxylic acids is 2. The van der Waals surface area contributed by atoms with E-state index in [1.54, 1.807) is 12.1 Å². The van der Waals surface area contributed by atoms with E-state index in [1.807, 2.05) is 0 Å². The standard InChI is InChI=1S/C12H9BrO5/c1-18-8-3-2-7(13)5-4-6(11(14)15)10(9(5)8)12(16)17/h2-3H,4H2,1H3,(H,14,15)(H,16,17). The molecule has 0 saturated heterocycles. The highest BCUT2D eigenvalue weighted by molar-refractivity contribution is 9.10. The third kappa shape index (κ3) is 1.78. The van der Waals surface area contributed by atoms with Crippen LogP contribution in [0.2, 0.25) is 0 Å². The quantitative estimate of drug-likeness (QED) is 0.891. The molecule has 94 valence electrons. The van der Waals surface area contributed by atoms with Gasteiger partial charge in [-0.2, -0.15) is 0 Å². The first-order valence-electron chi connectivity index (χ1n) is 5.02. The summed E-state index contributed by atoms with van der Waals surface area (Å²) in [4.78, 5) is 22.4. The molecule has 1 aromatic rings. The minimum absolute atomic E-state index is 0.0735. The normalized spacial score (nSPS) is 13.4. The third-order valence-corrected chi connectivity index (χ3v) is 3.56. The smallest absolute Gasteiger partial charge is 0.337 e. The van der Waals surface area contributed by atoms with Gasteiger partial charge in [0.2, 0.25) is 0 Å². The predicted molar refractivity (Wildman–Crippen MR) is 66.6 cm³/mol. The van der Waals surface area contributed by atoms with Crippen molar-refractivity contribution in [3.05, 3.63) is 33.3 Å². The molecule has 6 heteroatoms. The predicted octanol–water partition coefficient (Wildman–Crippen LogP) is 1.94. The average molecular weight is 313 g/mol. The van der Waals surface area contributed by atoms with E-state index < -0.39 is 11.9 Å². The largest absolute Gasteiger partial charge is 0.496 e. The summed E-state index contributed by atoms with van der Waals surface area (Å²) in [5, 5.41) is 18.3. The van der Waals surface area contributed by atoms with Crippen LogP contribution in [0.15, 0.2) is 22.2 Å². The van der Waals surface area contributed by atoms with Crippen molar-refractivity contribution in [1.29, 1.82) is 0 Å². The summed E-state index contributed by atoms with van der Waals surface area (Å²) < 4.78 is 5.78. The summed E-state index contributed by atoms with van der Waals surface area (Å²) in [6.45, 7) is 0. The molecule has 2 rings (SSSR count). The van der Waals surface area contributed by atoms with Gasteiger partial charge in [-0.25, -0.2) is 9.59 Å². The highest BCUT2D eigenvalue weighted by Crippen LogP contribution is 2.42. The number of carboxylic acid groups (broad SMARTS) is 2. The molecule has 0 fully saturated rings. The number of carboxylic acids is 2. The number of methoxy groups -OCH3 is 1. The maximum atomic E-state index is 11.3. The van der Waals surface area contributed by atoms with Crippen LogP contribution in [0, 0.1) is 0 Å². The maximum Gasteiger partial charge on any atom is 0.337 e. The van der Waals surface area contributed by atoms with Gasteiger partial charge in [-0.15, -0.1) is 0 Å². The topological polar surface area (TPSA) is 83.8 Å². The molecular weight excluding hydrogens is 304 g/mol. The fraction of sp³-hybridized carbons (Fsp3) is 0.167. The van der Waals surface area contributed by atoms with E-state index in [2.05, 4.69) is 15.9 Å². The van der Waals surface area contributed by atoms with Crippen LogP contribution in [-0.4, -0.2) is 29.3 Å². The second kappa shape index (κ2) is 4.45. The summed E-state index contributed by atoms with van der Waals surface area (Å²) in [7, 11) is 1.42. The molecule has 1 aliphatic carbocycles. The summed E-state index contributed by atoms with van der Waals surface area (Å²) >= 11 is 3.30. The Balaban J connectivity index is 2.76. The van der Waals surface area contributed by atoms with Crippen molar-refractivity contribution >= 4 is 33.4 Å². The first-order valence-corrected chi connectivity index (χ1v) is 5.82. The van der Waals surface area contributed by atoms with Crippen molar-refractivity contribution in [3.8, 4) is 5.75 Å². The number of benzene rings is 1. The Morgan fingerprint density at radius 1 is 1.28 bits per heavy atom. The van der Waals surface area contributed by atoms with Gasteiger partial charge in [-0.05, 0) is 17.7 Å². The van der Waals surface area contributed by atoms with Crippen LogP contribution in [0.5, 0.6) is 5.75 Å². The van der Waals surface area contributed by atoms with Gasteiger partial charge in [0.15, 0.2) is 0 Å². The van der Waals surface area contributed by atoms with Crippen LogP contribution >= 0.6 is 15.9 Å². The molecule has 5 nitrogen and oxygen atoms in total. The Labute approximate surface area is 111 Å². The fourth-order valence-corrected chi connectivity index (χ4v) is 2.52. The van der Waals surface area contributed by atoms with Gasteiger partial charge in [0, 0.05) is 16.5 Å². The van der Waals surface area contributed by atoms with Crippen molar-refractivity contribution in [3.63, 3.8) is 0 Å². The van der Waals surface area contributed by atoms with Crippen LogP contribution in [0.3, 0.4) is 0 Å². The molecule has 0 heterocycles. The molecule has 0 spiro atoms. The number of ether oxygens (including phenoxy) is 1. The maximum absolute atomic E-state index is 11.3. The number of hydrogen-bond acceptors (Lipinski definition) is 3. The van der Waals surface area contributed by atoms with E-state index >= 15 is 0 Å². The SMILES string of the molecule is COc1ccc(Br)c2c1C(C(=O)O)=C(C(=O)O)C2. The number of rotatable bonds is 3. The Morgan fingerprint density at radius 3 is 2.44 bits per heavy atom. The van der Waals surface area contributed by atoms with Crippen molar-refractivity contribution in [2.45, 2.75) is 6.42 Å². The molecule has 0 bridgehead atoms. The molecule has 0 saturated carbocycles. The number of carbonyl (C=O) groups is 2. The Hall–Kier alpha value is -1.82. The first-order chi connectivity index (χ1) is 8.47. The molecule has 0 aliphatic heterocycles. The lowest BCUT2D eigenvalue weighted by Gasteiger charge is -2.10. The second-order valence-corrected chi connectivity index (χ2v) is 4.60. The van der Waals surface area contributed by atoms with Gasteiger partial charge in [-0.1, -0.05) is 15.9 Å². The molecule has 0 amide bonds. The number of fused-ring (bicyclic) bond motifs is 1. The zero-order valence-electron chi connectivity index (χ0n) is 9.36. The number of hydrogen-bond donors (Lipinski definition) is 2. The average Bonchev–Trinajstić information content (AvgIpc) is 2.71. The lowest BCUT2D eigenvalue weighted by Crippen LogP contribution is -2.07. The van der Waals surface area contributed by atoms with E-state index in [-0.39, 0.29) is 17.6 Å². The highest BCUT2D eigenvalue weighted by Gasteiger charge is 2.34. The van der Waals surface area contributed by atoms with Crippen LogP contribution in [0.25, 0.3) is 5.57 Å². The van der Waals surface area contributed by atoms with Crippen LogP contribution in [0.4, 0.5) is 0 Å². The van der Waals surface area contributed by atoms with Gasteiger partial charge in [0.25, 0.3) is 0 Å². The third-order valence-electron chi connectivity index (χ3n) is 2.81. The molecule has 0 radical (unpaired) electrons. The minimum Gasteiger partial charge on any atom is -0.496 e. The van der Waals surface area contributed by atoms with Gasteiger partial charge in [0.1, 0.15) is 5.75 Å².